The van der Waals surface area contributed by atoms with Crippen molar-refractivity contribution in [1.82, 2.24) is 25.2 Å². The molecule has 136 valence electrons. The minimum atomic E-state index is -2.60. The Bertz CT molecular complexity index is 1090. The van der Waals surface area contributed by atoms with Crippen molar-refractivity contribution >= 4 is 11.0 Å². The second-order valence-corrected chi connectivity index (χ2v) is 6.84. The van der Waals surface area contributed by atoms with Crippen LogP contribution in [0.4, 0.5) is 8.78 Å². The summed E-state index contributed by atoms with van der Waals surface area (Å²) in [5, 5.41) is 16.3. The Balaban J connectivity index is 1.33. The van der Waals surface area contributed by atoms with Crippen LogP contribution in [0.1, 0.15) is 30.2 Å². The molecule has 6 nitrogen and oxygen atoms in total. The first-order valence-corrected chi connectivity index (χ1v) is 8.66. The zero-order chi connectivity index (χ0) is 18.4. The lowest BCUT2D eigenvalue weighted by atomic mass is 9.81. The Morgan fingerprint density at radius 2 is 1.78 bits per heavy atom. The van der Waals surface area contributed by atoms with Crippen molar-refractivity contribution < 1.29 is 13.2 Å². The Morgan fingerprint density at radius 3 is 2.56 bits per heavy atom. The van der Waals surface area contributed by atoms with E-state index in [2.05, 4.69) is 20.5 Å². The van der Waals surface area contributed by atoms with Crippen molar-refractivity contribution in [1.29, 1.82) is 0 Å². The zero-order valence-corrected chi connectivity index (χ0v) is 14.2. The second kappa shape index (κ2) is 5.94. The average Bonchev–Trinajstić information content (AvgIpc) is 3.28. The number of benzene rings is 2. The van der Waals surface area contributed by atoms with Gasteiger partial charge in [-0.25, -0.2) is 13.5 Å². The number of hydrogen-bond acceptors (Lipinski definition) is 5. The van der Waals surface area contributed by atoms with Crippen molar-refractivity contribution in [2.45, 2.75) is 31.2 Å². The summed E-state index contributed by atoms with van der Waals surface area (Å²) in [4.78, 5) is 0. The highest BCUT2D eigenvalue weighted by Crippen LogP contribution is 2.48. The Hall–Kier alpha value is -3.16. The molecule has 1 aliphatic carbocycles. The quantitative estimate of drug-likeness (QED) is 0.544. The van der Waals surface area contributed by atoms with Gasteiger partial charge >= 0.3 is 0 Å². The van der Waals surface area contributed by atoms with E-state index in [0.29, 0.717) is 12.4 Å². The molecule has 2 aromatic carbocycles. The summed E-state index contributed by atoms with van der Waals surface area (Å²) in [6.07, 6.45) is -0.446. The summed E-state index contributed by atoms with van der Waals surface area (Å²) in [6.45, 7) is 0.590. The van der Waals surface area contributed by atoms with Crippen LogP contribution in [0.2, 0.25) is 0 Å². The molecule has 5 rings (SSSR count). The number of halogens is 2. The normalized spacial score (nSPS) is 16.5. The fourth-order valence-electron chi connectivity index (χ4n) is 3.31. The lowest BCUT2D eigenvalue weighted by molar-refractivity contribution is -0.0917. The highest BCUT2D eigenvalue weighted by molar-refractivity contribution is 5.73. The largest absolute Gasteiger partial charge is 0.420 e. The van der Waals surface area contributed by atoms with E-state index < -0.39 is 5.92 Å². The van der Waals surface area contributed by atoms with Crippen molar-refractivity contribution in [3.05, 3.63) is 60.0 Å². The lowest BCUT2D eigenvalue weighted by Crippen LogP contribution is -2.33. The van der Waals surface area contributed by atoms with Gasteiger partial charge in [0.15, 0.2) is 0 Å². The highest BCUT2D eigenvalue weighted by atomic mass is 19.3. The maximum Gasteiger partial charge on any atom is 0.249 e. The first kappa shape index (κ1) is 16.0. The first-order chi connectivity index (χ1) is 13.1. The van der Waals surface area contributed by atoms with Crippen molar-refractivity contribution in [3.63, 3.8) is 0 Å². The summed E-state index contributed by atoms with van der Waals surface area (Å²) in [7, 11) is 0. The zero-order valence-electron chi connectivity index (χ0n) is 14.2. The molecule has 0 aliphatic heterocycles. The lowest BCUT2D eigenvalue weighted by Gasteiger charge is -2.32. The Labute approximate surface area is 152 Å². The van der Waals surface area contributed by atoms with E-state index >= 15 is 0 Å². The van der Waals surface area contributed by atoms with E-state index in [4.69, 9.17) is 4.42 Å². The third kappa shape index (κ3) is 2.97. The molecule has 0 radical (unpaired) electrons. The van der Waals surface area contributed by atoms with Crippen LogP contribution in [-0.2, 0) is 6.54 Å². The molecule has 27 heavy (non-hydrogen) atoms. The molecule has 0 N–H and O–H groups in total. The van der Waals surface area contributed by atoms with Crippen molar-refractivity contribution in [3.8, 4) is 11.5 Å². The Kier molecular flexibility index (Phi) is 3.53. The third-order valence-electron chi connectivity index (χ3n) is 4.83. The molecule has 8 heteroatoms. The average molecular weight is 367 g/mol. The molecule has 0 spiro atoms. The number of para-hydroxylation sites is 1. The van der Waals surface area contributed by atoms with Crippen LogP contribution in [-0.4, -0.2) is 31.1 Å². The minimum absolute atomic E-state index is 0.223. The summed E-state index contributed by atoms with van der Waals surface area (Å²) in [5.41, 5.74) is 3.63. The van der Waals surface area contributed by atoms with Crippen LogP contribution < -0.4 is 0 Å². The van der Waals surface area contributed by atoms with Gasteiger partial charge in [0, 0.05) is 24.3 Å². The van der Waals surface area contributed by atoms with Crippen LogP contribution in [0.15, 0.2) is 52.9 Å². The molecule has 1 saturated carbocycles. The number of alkyl halides is 2. The molecule has 4 aromatic rings. The maximum absolute atomic E-state index is 13.0. The first-order valence-electron chi connectivity index (χ1n) is 8.66. The summed E-state index contributed by atoms with van der Waals surface area (Å²) < 4.78 is 33.4. The van der Waals surface area contributed by atoms with E-state index in [1.807, 2.05) is 53.2 Å². The highest BCUT2D eigenvalue weighted by Gasteiger charge is 2.48. The second-order valence-electron chi connectivity index (χ2n) is 6.84. The topological polar surface area (TPSA) is 69.6 Å². The van der Waals surface area contributed by atoms with Gasteiger partial charge in [0.25, 0.3) is 0 Å². The van der Waals surface area contributed by atoms with Gasteiger partial charge in [-0.3, -0.25) is 0 Å². The van der Waals surface area contributed by atoms with Gasteiger partial charge in [-0.2, -0.15) is 0 Å². The van der Waals surface area contributed by atoms with Crippen LogP contribution in [0.3, 0.4) is 0 Å². The SMILES string of the molecule is FC1(F)CC(c2nnc(-c3ccc(Cn4nnc5ccccc54)cc3)o2)C1. The predicted molar refractivity (Wildman–Crippen MR) is 93.3 cm³/mol. The minimum Gasteiger partial charge on any atom is -0.420 e. The van der Waals surface area contributed by atoms with E-state index in [1.54, 1.807) is 0 Å². The van der Waals surface area contributed by atoms with Crippen molar-refractivity contribution in [2.24, 2.45) is 0 Å². The van der Waals surface area contributed by atoms with Crippen LogP contribution in [0.25, 0.3) is 22.5 Å². The summed E-state index contributed by atoms with van der Waals surface area (Å²) in [6, 6.07) is 15.4. The summed E-state index contributed by atoms with van der Waals surface area (Å²) in [5.74, 6) is -2.32. The molecular weight excluding hydrogens is 352 g/mol. The van der Waals surface area contributed by atoms with Gasteiger partial charge in [0.2, 0.25) is 17.7 Å². The smallest absolute Gasteiger partial charge is 0.249 e. The molecule has 0 atom stereocenters. The van der Waals surface area contributed by atoms with Gasteiger partial charge in [0.05, 0.1) is 12.1 Å². The van der Waals surface area contributed by atoms with E-state index in [-0.39, 0.29) is 24.7 Å². The predicted octanol–water partition coefficient (Wildman–Crippen LogP) is 4.04. The van der Waals surface area contributed by atoms with Crippen LogP contribution in [0.5, 0.6) is 0 Å². The number of aromatic nitrogens is 5. The van der Waals surface area contributed by atoms with Crippen LogP contribution >= 0.6 is 0 Å². The molecule has 2 heterocycles. The van der Waals surface area contributed by atoms with Gasteiger partial charge in [-0.05, 0) is 29.8 Å². The molecule has 2 aromatic heterocycles. The fraction of sp³-hybridized carbons (Fsp3) is 0.263. The summed E-state index contributed by atoms with van der Waals surface area (Å²) >= 11 is 0. The van der Waals surface area contributed by atoms with Gasteiger partial charge in [0.1, 0.15) is 5.52 Å². The monoisotopic (exact) mass is 367 g/mol. The fourth-order valence-corrected chi connectivity index (χ4v) is 3.31. The van der Waals surface area contributed by atoms with Gasteiger partial charge < -0.3 is 4.42 Å². The molecule has 1 aliphatic rings. The molecule has 0 saturated heterocycles. The third-order valence-corrected chi connectivity index (χ3v) is 4.83. The van der Waals surface area contributed by atoms with Crippen LogP contribution in [0, 0.1) is 0 Å². The number of rotatable bonds is 4. The van der Waals surface area contributed by atoms with E-state index in [0.717, 1.165) is 22.2 Å². The molecule has 0 unspecified atom stereocenters. The number of hydrogen-bond donors (Lipinski definition) is 0. The maximum atomic E-state index is 13.0. The van der Waals surface area contributed by atoms with Gasteiger partial charge in [-0.1, -0.05) is 29.5 Å². The molecule has 1 fully saturated rings. The Morgan fingerprint density at radius 1 is 1.00 bits per heavy atom. The van der Waals surface area contributed by atoms with E-state index in [1.165, 1.54) is 0 Å². The van der Waals surface area contributed by atoms with Gasteiger partial charge in [-0.15, -0.1) is 15.3 Å². The van der Waals surface area contributed by atoms with E-state index in [9.17, 15) is 8.78 Å². The molecule has 0 amide bonds. The molecular formula is C19H15F2N5O. The standard InChI is InChI=1S/C19H15F2N5O/c20-19(21)9-14(10-19)18-24-23-17(27-18)13-7-5-12(6-8-13)11-26-16-4-2-1-3-15(16)22-25-26/h1-8,14H,9-11H2. The number of fused-ring (bicyclic) bond motifs is 1. The molecule has 0 bridgehead atoms. The number of nitrogens with zero attached hydrogens (tertiary/aromatic N) is 5. The van der Waals surface area contributed by atoms with Crippen molar-refractivity contribution in [2.75, 3.05) is 0 Å².